The van der Waals surface area contributed by atoms with Gasteiger partial charge in [-0.15, -0.1) is 0 Å². The number of ether oxygens (including phenoxy) is 1. The SMILES string of the molecule is CCCNC(=O)[C@@H](Cc1ccccc1)N(Cc1ccc(Cl)c(Cl)c1)C(=O)CN(c1ccc(OCC)cc1)S(=O)(=O)c1ccc(C)cc1. The number of amides is 2. The molecular formula is C36H39Cl2N3O5S. The van der Waals surface area contributed by atoms with Crippen LogP contribution in [0, 0.1) is 6.92 Å². The maximum absolute atomic E-state index is 14.6. The summed E-state index contributed by atoms with van der Waals surface area (Å²) in [5.74, 6) is -0.363. The molecule has 0 aliphatic heterocycles. The average Bonchev–Trinajstić information content (AvgIpc) is 3.06. The monoisotopic (exact) mass is 695 g/mol. The first-order valence-corrected chi connectivity index (χ1v) is 17.6. The molecule has 1 atom stereocenters. The van der Waals surface area contributed by atoms with E-state index in [2.05, 4.69) is 5.32 Å². The van der Waals surface area contributed by atoms with Gasteiger partial charge in [0.15, 0.2) is 0 Å². The molecule has 8 nitrogen and oxygen atoms in total. The van der Waals surface area contributed by atoms with Gasteiger partial charge in [0, 0.05) is 19.5 Å². The van der Waals surface area contributed by atoms with Crippen LogP contribution in [-0.2, 0) is 32.6 Å². The Balaban J connectivity index is 1.81. The second-order valence-electron chi connectivity index (χ2n) is 11.0. The molecule has 4 rings (SSSR count). The topological polar surface area (TPSA) is 96.0 Å². The van der Waals surface area contributed by atoms with E-state index >= 15 is 0 Å². The molecule has 248 valence electrons. The Hall–Kier alpha value is -4.05. The quantitative estimate of drug-likeness (QED) is 0.144. The van der Waals surface area contributed by atoms with Crippen LogP contribution in [0.15, 0.2) is 102 Å². The highest BCUT2D eigenvalue weighted by atomic mass is 35.5. The molecule has 0 spiro atoms. The number of benzene rings is 4. The van der Waals surface area contributed by atoms with Crippen LogP contribution in [0.2, 0.25) is 10.0 Å². The van der Waals surface area contributed by atoms with Crippen molar-refractivity contribution in [2.24, 2.45) is 0 Å². The lowest BCUT2D eigenvalue weighted by atomic mass is 10.0. The standard InChI is InChI=1S/C36H39Cl2N3O5S/c1-4-21-39-36(43)34(23-27-9-7-6-8-10-27)40(24-28-13-20-32(37)33(38)22-28)35(42)25-41(29-14-16-30(17-15-29)46-5-2)47(44,45)31-18-11-26(3)12-19-31/h6-20,22,34H,4-5,21,23-25H2,1-3H3,(H,39,43)/t34-/m1/s1. The third kappa shape index (κ3) is 9.50. The van der Waals surface area contributed by atoms with E-state index in [1.165, 1.54) is 17.0 Å². The van der Waals surface area contributed by atoms with Crippen molar-refractivity contribution >= 4 is 50.7 Å². The number of hydrogen-bond donors (Lipinski definition) is 1. The van der Waals surface area contributed by atoms with Crippen LogP contribution in [0.1, 0.15) is 37.0 Å². The summed E-state index contributed by atoms with van der Waals surface area (Å²) in [6.45, 7) is 5.92. The highest BCUT2D eigenvalue weighted by molar-refractivity contribution is 7.92. The lowest BCUT2D eigenvalue weighted by Crippen LogP contribution is -2.53. The summed E-state index contributed by atoms with van der Waals surface area (Å²) in [6.07, 6.45) is 0.905. The van der Waals surface area contributed by atoms with Crippen LogP contribution < -0.4 is 14.4 Å². The Morgan fingerprint density at radius 1 is 0.851 bits per heavy atom. The molecule has 2 amide bonds. The summed E-state index contributed by atoms with van der Waals surface area (Å²) in [4.78, 5) is 29.8. The molecule has 0 aliphatic rings. The van der Waals surface area contributed by atoms with Gasteiger partial charge < -0.3 is 15.0 Å². The zero-order valence-corrected chi connectivity index (χ0v) is 29.0. The van der Waals surface area contributed by atoms with Gasteiger partial charge in [-0.05, 0) is 79.9 Å². The van der Waals surface area contributed by atoms with Crippen molar-refractivity contribution in [2.45, 2.75) is 51.1 Å². The van der Waals surface area contributed by atoms with Crippen molar-refractivity contribution in [3.05, 3.63) is 124 Å². The van der Waals surface area contributed by atoms with Crippen molar-refractivity contribution in [2.75, 3.05) is 24.0 Å². The Bertz CT molecular complexity index is 1750. The summed E-state index contributed by atoms with van der Waals surface area (Å²) in [6, 6.07) is 26.4. The molecule has 0 bridgehead atoms. The zero-order chi connectivity index (χ0) is 34.0. The molecule has 0 aromatic heterocycles. The lowest BCUT2D eigenvalue weighted by Gasteiger charge is -2.34. The van der Waals surface area contributed by atoms with Crippen molar-refractivity contribution < 1.29 is 22.7 Å². The van der Waals surface area contributed by atoms with Crippen molar-refractivity contribution in [3.63, 3.8) is 0 Å². The zero-order valence-electron chi connectivity index (χ0n) is 26.7. The van der Waals surface area contributed by atoms with Crippen LogP contribution in [0.4, 0.5) is 5.69 Å². The van der Waals surface area contributed by atoms with Crippen LogP contribution in [0.25, 0.3) is 0 Å². The number of aryl methyl sites for hydroxylation is 1. The Morgan fingerprint density at radius 2 is 1.53 bits per heavy atom. The number of halogens is 2. The van der Waals surface area contributed by atoms with Crippen molar-refractivity contribution in [1.82, 2.24) is 10.2 Å². The molecule has 0 saturated carbocycles. The molecule has 4 aromatic rings. The fourth-order valence-electron chi connectivity index (χ4n) is 5.00. The third-order valence-corrected chi connectivity index (χ3v) is 10.0. The maximum Gasteiger partial charge on any atom is 0.264 e. The van der Waals surface area contributed by atoms with E-state index in [0.29, 0.717) is 40.9 Å². The molecule has 47 heavy (non-hydrogen) atoms. The first-order valence-electron chi connectivity index (χ1n) is 15.4. The largest absolute Gasteiger partial charge is 0.494 e. The molecule has 0 unspecified atom stereocenters. The predicted molar refractivity (Wildman–Crippen MR) is 188 cm³/mol. The van der Waals surface area contributed by atoms with E-state index in [1.807, 2.05) is 51.1 Å². The van der Waals surface area contributed by atoms with Gasteiger partial charge in [-0.1, -0.05) is 84.2 Å². The van der Waals surface area contributed by atoms with E-state index in [4.69, 9.17) is 27.9 Å². The van der Waals surface area contributed by atoms with Crippen molar-refractivity contribution in [1.29, 1.82) is 0 Å². The highest BCUT2D eigenvalue weighted by Gasteiger charge is 2.34. The van der Waals surface area contributed by atoms with Crippen LogP contribution in [0.3, 0.4) is 0 Å². The minimum absolute atomic E-state index is 0.0194. The lowest BCUT2D eigenvalue weighted by molar-refractivity contribution is -0.140. The van der Waals surface area contributed by atoms with Gasteiger partial charge in [0.05, 0.1) is 27.2 Å². The number of rotatable bonds is 15. The van der Waals surface area contributed by atoms with E-state index < -0.39 is 28.5 Å². The molecule has 0 aliphatic carbocycles. The van der Waals surface area contributed by atoms with Gasteiger partial charge in [-0.25, -0.2) is 8.42 Å². The summed E-state index contributed by atoms with van der Waals surface area (Å²) in [5.41, 5.74) is 2.63. The minimum Gasteiger partial charge on any atom is -0.494 e. The average molecular weight is 697 g/mol. The fraction of sp³-hybridized carbons (Fsp3) is 0.278. The van der Waals surface area contributed by atoms with Gasteiger partial charge in [0.2, 0.25) is 11.8 Å². The van der Waals surface area contributed by atoms with Gasteiger partial charge in [0.1, 0.15) is 18.3 Å². The highest BCUT2D eigenvalue weighted by Crippen LogP contribution is 2.28. The van der Waals surface area contributed by atoms with Crippen molar-refractivity contribution in [3.8, 4) is 5.75 Å². The Kier molecular flexibility index (Phi) is 12.7. The normalized spacial score (nSPS) is 11.9. The van der Waals surface area contributed by atoms with E-state index in [1.54, 1.807) is 54.6 Å². The molecule has 11 heteroatoms. The third-order valence-electron chi connectivity index (χ3n) is 7.48. The molecule has 0 radical (unpaired) electrons. The summed E-state index contributed by atoms with van der Waals surface area (Å²) >= 11 is 12.5. The number of nitrogens with one attached hydrogen (secondary N) is 1. The Morgan fingerprint density at radius 3 is 2.15 bits per heavy atom. The molecule has 1 N–H and O–H groups in total. The summed E-state index contributed by atoms with van der Waals surface area (Å²) in [5, 5.41) is 3.58. The van der Waals surface area contributed by atoms with Gasteiger partial charge in [-0.3, -0.25) is 13.9 Å². The number of carbonyl (C=O) groups is 2. The summed E-state index contributed by atoms with van der Waals surface area (Å²) < 4.78 is 35.0. The van der Waals surface area contributed by atoms with E-state index in [0.717, 1.165) is 15.4 Å². The number of carbonyl (C=O) groups excluding carboxylic acids is 2. The minimum atomic E-state index is -4.22. The molecule has 0 fully saturated rings. The van der Waals surface area contributed by atoms with Gasteiger partial charge in [0.25, 0.3) is 10.0 Å². The van der Waals surface area contributed by atoms with Crippen LogP contribution in [0.5, 0.6) is 5.75 Å². The first-order chi connectivity index (χ1) is 22.5. The molecule has 4 aromatic carbocycles. The molecule has 0 heterocycles. The number of nitrogens with zero attached hydrogens (tertiary/aromatic N) is 2. The number of hydrogen-bond acceptors (Lipinski definition) is 5. The second kappa shape index (κ2) is 16.7. The smallest absolute Gasteiger partial charge is 0.264 e. The van der Waals surface area contributed by atoms with Crippen LogP contribution >= 0.6 is 23.2 Å². The number of anilines is 1. The number of sulfonamides is 1. The van der Waals surface area contributed by atoms with E-state index in [9.17, 15) is 18.0 Å². The first kappa shape index (κ1) is 35.8. The van der Waals surface area contributed by atoms with Gasteiger partial charge in [-0.2, -0.15) is 0 Å². The predicted octanol–water partition coefficient (Wildman–Crippen LogP) is 7.06. The molecule has 0 saturated heterocycles. The maximum atomic E-state index is 14.6. The van der Waals surface area contributed by atoms with Gasteiger partial charge >= 0.3 is 0 Å². The fourth-order valence-corrected chi connectivity index (χ4v) is 6.73. The molecular weight excluding hydrogens is 657 g/mol. The Labute approximate surface area is 287 Å². The van der Waals surface area contributed by atoms with Crippen LogP contribution in [-0.4, -0.2) is 50.9 Å². The summed E-state index contributed by atoms with van der Waals surface area (Å²) in [7, 11) is -4.22. The second-order valence-corrected chi connectivity index (χ2v) is 13.7. The van der Waals surface area contributed by atoms with E-state index in [-0.39, 0.29) is 29.5 Å².